The van der Waals surface area contributed by atoms with E-state index in [0.29, 0.717) is 42.8 Å². The van der Waals surface area contributed by atoms with Crippen LogP contribution in [0, 0.1) is 5.82 Å². The average Bonchev–Trinajstić information content (AvgIpc) is 3.72. The van der Waals surface area contributed by atoms with Crippen LogP contribution in [-0.2, 0) is 22.4 Å². The van der Waals surface area contributed by atoms with E-state index in [-0.39, 0.29) is 29.3 Å². The summed E-state index contributed by atoms with van der Waals surface area (Å²) in [5.74, 6) is -2.15. The Bertz CT molecular complexity index is 1630. The Morgan fingerprint density at radius 1 is 1.10 bits per heavy atom. The molecule has 10 nitrogen and oxygen atoms in total. The highest BCUT2D eigenvalue weighted by atomic mass is 19.1. The van der Waals surface area contributed by atoms with Crippen LogP contribution in [0.25, 0.3) is 10.9 Å². The van der Waals surface area contributed by atoms with Gasteiger partial charge in [-0.15, -0.1) is 0 Å². The first kappa shape index (κ1) is 26.0. The lowest BCUT2D eigenvalue weighted by Crippen LogP contribution is -2.43. The number of pyridine rings is 1. The molecule has 208 valence electrons. The summed E-state index contributed by atoms with van der Waals surface area (Å²) in [6.45, 7) is 2.59. The third-order valence-corrected chi connectivity index (χ3v) is 8.12. The fourth-order valence-corrected chi connectivity index (χ4v) is 5.67. The molecule has 1 saturated heterocycles. The van der Waals surface area contributed by atoms with E-state index in [1.165, 1.54) is 18.0 Å². The Balaban J connectivity index is 1.28. The van der Waals surface area contributed by atoms with Crippen LogP contribution < -0.4 is 21.0 Å². The molecule has 2 aliphatic heterocycles. The maximum Gasteiger partial charge on any atom is 0.414 e. The van der Waals surface area contributed by atoms with Crippen LogP contribution in [0.2, 0.25) is 0 Å². The van der Waals surface area contributed by atoms with Crippen molar-refractivity contribution in [1.29, 1.82) is 0 Å². The molecule has 0 bridgehead atoms. The van der Waals surface area contributed by atoms with Crippen molar-refractivity contribution in [3.05, 3.63) is 69.3 Å². The van der Waals surface area contributed by atoms with Crippen molar-refractivity contribution < 1.29 is 28.6 Å². The summed E-state index contributed by atoms with van der Waals surface area (Å²) in [5.41, 5.74) is 8.50. The standard InChI is InChI=1S/C29H29FN4O6/c1-15(35)26(31)25-14-34(29(39)40-25)19-3-2-16-6-8-32(9-7-17(16)10-19)24-12-23-20(11-22(24)30)27(36)21(28(37)38)13-33(23)18-4-5-18/h2-3,10-13,18,25-26H,4-9,14,31H2,1H3,(H,37,38). The second-order valence-electron chi connectivity index (χ2n) is 10.7. The van der Waals surface area contributed by atoms with Gasteiger partial charge >= 0.3 is 12.1 Å². The van der Waals surface area contributed by atoms with E-state index in [1.807, 2.05) is 23.1 Å². The second kappa shape index (κ2) is 9.74. The minimum absolute atomic E-state index is 0.0658. The molecule has 0 radical (unpaired) electrons. The smallest absolute Gasteiger partial charge is 0.414 e. The monoisotopic (exact) mass is 548 g/mol. The number of ether oxygens (including phenoxy) is 1. The zero-order valence-electron chi connectivity index (χ0n) is 21.9. The number of benzene rings is 2. The summed E-state index contributed by atoms with van der Waals surface area (Å²) in [5, 5.41) is 9.56. The number of carbonyl (C=O) groups is 3. The highest BCUT2D eigenvalue weighted by Gasteiger charge is 2.38. The highest BCUT2D eigenvalue weighted by Crippen LogP contribution is 2.38. The number of nitrogens with zero attached hydrogens (tertiary/aromatic N) is 3. The van der Waals surface area contributed by atoms with E-state index in [4.69, 9.17) is 10.5 Å². The van der Waals surface area contributed by atoms with Gasteiger partial charge in [0, 0.05) is 36.4 Å². The number of carbonyl (C=O) groups excluding carboxylic acids is 2. The highest BCUT2D eigenvalue weighted by molar-refractivity contribution is 5.94. The summed E-state index contributed by atoms with van der Waals surface area (Å²) < 4.78 is 22.6. The topological polar surface area (TPSA) is 135 Å². The fourth-order valence-electron chi connectivity index (χ4n) is 5.67. The molecule has 3 aliphatic rings. The normalized spacial score (nSPS) is 19.8. The number of anilines is 2. The number of aromatic nitrogens is 1. The lowest BCUT2D eigenvalue weighted by Gasteiger charge is -2.24. The number of carboxylic acid groups (broad SMARTS) is 1. The summed E-state index contributed by atoms with van der Waals surface area (Å²) in [6, 6.07) is 7.75. The average molecular weight is 549 g/mol. The van der Waals surface area contributed by atoms with Crippen LogP contribution in [0.15, 0.2) is 41.3 Å². The predicted octanol–water partition coefficient (Wildman–Crippen LogP) is 3.02. The van der Waals surface area contributed by atoms with Crippen LogP contribution in [-0.4, -0.2) is 59.3 Å². The van der Waals surface area contributed by atoms with Crippen LogP contribution in [0.3, 0.4) is 0 Å². The van der Waals surface area contributed by atoms with Crippen molar-refractivity contribution in [2.45, 2.75) is 50.8 Å². The van der Waals surface area contributed by atoms with Crippen molar-refractivity contribution >= 4 is 40.1 Å². The Labute approximate surface area is 228 Å². The number of rotatable bonds is 6. The molecular formula is C29H29FN4O6. The van der Waals surface area contributed by atoms with E-state index in [2.05, 4.69) is 0 Å². The number of amides is 1. The molecule has 1 saturated carbocycles. The van der Waals surface area contributed by atoms with E-state index >= 15 is 4.39 Å². The van der Waals surface area contributed by atoms with Crippen molar-refractivity contribution in [3.63, 3.8) is 0 Å². The molecule has 40 heavy (non-hydrogen) atoms. The molecule has 2 fully saturated rings. The van der Waals surface area contributed by atoms with Crippen LogP contribution in [0.5, 0.6) is 0 Å². The number of nitrogens with two attached hydrogens (primary N) is 1. The van der Waals surface area contributed by atoms with E-state index in [0.717, 1.165) is 30.0 Å². The lowest BCUT2D eigenvalue weighted by molar-refractivity contribution is -0.120. The van der Waals surface area contributed by atoms with E-state index in [9.17, 15) is 24.3 Å². The minimum atomic E-state index is -1.32. The third kappa shape index (κ3) is 4.49. The largest absolute Gasteiger partial charge is 0.477 e. The maximum absolute atomic E-state index is 15.5. The number of ketones is 1. The SMILES string of the molecule is CC(=O)C(N)C1CN(c2ccc3c(c2)CCN(c2cc4c(cc2F)c(=O)c(C(=O)O)cn4C2CC2)CC3)C(=O)O1. The zero-order valence-corrected chi connectivity index (χ0v) is 21.9. The van der Waals surface area contributed by atoms with Crippen LogP contribution in [0.4, 0.5) is 20.6 Å². The molecule has 3 aromatic rings. The number of Topliss-reactive ketones (excluding diaryl/α,β-unsaturated/α-hetero) is 1. The van der Waals surface area contributed by atoms with Gasteiger partial charge in [-0.25, -0.2) is 14.0 Å². The lowest BCUT2D eigenvalue weighted by atomic mass is 10.0. The molecule has 3 N–H and O–H groups in total. The van der Waals surface area contributed by atoms with Gasteiger partial charge in [-0.3, -0.25) is 14.5 Å². The first-order chi connectivity index (χ1) is 19.1. The molecule has 1 aliphatic carbocycles. The Kier molecular flexibility index (Phi) is 6.33. The van der Waals surface area contributed by atoms with E-state index < -0.39 is 35.5 Å². The first-order valence-electron chi connectivity index (χ1n) is 13.3. The van der Waals surface area contributed by atoms with Gasteiger partial charge in [0.25, 0.3) is 0 Å². The van der Waals surface area contributed by atoms with Gasteiger partial charge < -0.3 is 25.0 Å². The van der Waals surface area contributed by atoms with Crippen molar-refractivity contribution in [2.24, 2.45) is 5.73 Å². The molecule has 3 heterocycles. The number of halogens is 1. The predicted molar refractivity (Wildman–Crippen MR) is 146 cm³/mol. The molecule has 6 rings (SSSR count). The Hall–Kier alpha value is -4.25. The van der Waals surface area contributed by atoms with Crippen molar-refractivity contribution in [2.75, 3.05) is 29.4 Å². The van der Waals surface area contributed by atoms with Gasteiger partial charge in [0.2, 0.25) is 5.43 Å². The number of hydrogen-bond acceptors (Lipinski definition) is 7. The van der Waals surface area contributed by atoms with E-state index in [1.54, 1.807) is 10.6 Å². The summed E-state index contributed by atoms with van der Waals surface area (Å²) in [7, 11) is 0. The number of cyclic esters (lactones) is 1. The summed E-state index contributed by atoms with van der Waals surface area (Å²) in [6.07, 6.45) is 3.09. The molecule has 2 atom stereocenters. The van der Waals surface area contributed by atoms with Gasteiger partial charge in [-0.2, -0.15) is 0 Å². The molecule has 2 unspecified atom stereocenters. The number of aromatic carboxylic acids is 1. The number of hydrogen-bond donors (Lipinski definition) is 2. The van der Waals surface area contributed by atoms with Crippen molar-refractivity contribution in [1.82, 2.24) is 4.57 Å². The fraction of sp³-hybridized carbons (Fsp3) is 0.379. The number of fused-ring (bicyclic) bond motifs is 2. The van der Waals surface area contributed by atoms with Crippen molar-refractivity contribution in [3.8, 4) is 0 Å². The molecule has 1 amide bonds. The zero-order chi connectivity index (χ0) is 28.3. The van der Waals surface area contributed by atoms with Gasteiger partial charge in [0.15, 0.2) is 0 Å². The first-order valence-corrected chi connectivity index (χ1v) is 13.3. The Morgan fingerprint density at radius 2 is 1.82 bits per heavy atom. The quantitative estimate of drug-likeness (QED) is 0.480. The second-order valence-corrected chi connectivity index (χ2v) is 10.7. The van der Waals surface area contributed by atoms with Crippen LogP contribution >= 0.6 is 0 Å². The molecule has 11 heteroatoms. The van der Waals surface area contributed by atoms with Gasteiger partial charge in [0.05, 0.1) is 17.7 Å². The molecule has 0 spiro atoms. The summed E-state index contributed by atoms with van der Waals surface area (Å²) in [4.78, 5) is 52.1. The molecular weight excluding hydrogens is 519 g/mol. The van der Waals surface area contributed by atoms with Gasteiger partial charge in [0.1, 0.15) is 29.3 Å². The molecule has 2 aromatic carbocycles. The molecule has 1 aromatic heterocycles. The van der Waals surface area contributed by atoms with Crippen LogP contribution in [0.1, 0.15) is 47.3 Å². The summed E-state index contributed by atoms with van der Waals surface area (Å²) >= 11 is 0. The third-order valence-electron chi connectivity index (χ3n) is 8.12. The Morgan fingerprint density at radius 3 is 2.50 bits per heavy atom. The van der Waals surface area contributed by atoms with Gasteiger partial charge in [-0.05, 0) is 68.0 Å². The maximum atomic E-state index is 15.5. The minimum Gasteiger partial charge on any atom is -0.477 e. The van der Waals surface area contributed by atoms with Gasteiger partial charge in [-0.1, -0.05) is 6.07 Å². The number of carboxylic acids is 1.